The Labute approximate surface area is 206 Å². The molecular weight excluding hydrogens is 462 g/mol. The number of aromatic nitrogens is 1. The predicted octanol–water partition coefficient (Wildman–Crippen LogP) is 3.48. The molecule has 3 aliphatic carbocycles. The topological polar surface area (TPSA) is 96.4 Å². The maximum Gasteiger partial charge on any atom is 0.251 e. The molecule has 1 aliphatic heterocycles. The maximum absolute atomic E-state index is 13.5. The molecule has 4 aliphatic rings. The van der Waals surface area contributed by atoms with Gasteiger partial charge in [-0.2, -0.15) is 0 Å². The number of nitrogens with zero attached hydrogens (tertiary/aromatic N) is 2. The van der Waals surface area contributed by atoms with Crippen molar-refractivity contribution in [2.75, 3.05) is 5.75 Å². The zero-order chi connectivity index (χ0) is 24.6. The van der Waals surface area contributed by atoms with Gasteiger partial charge >= 0.3 is 0 Å². The lowest BCUT2D eigenvalue weighted by molar-refractivity contribution is -0.130. The van der Waals surface area contributed by atoms with Crippen LogP contribution in [0.4, 0.5) is 0 Å². The summed E-state index contributed by atoms with van der Waals surface area (Å²) >= 11 is 0. The summed E-state index contributed by atoms with van der Waals surface area (Å²) in [5.41, 5.74) is 1.97. The number of nitrogens with one attached hydrogen (secondary N) is 1. The normalized spacial score (nSPS) is 33.4. The largest absolute Gasteiger partial charge is 0.346 e. The molecule has 2 aromatic rings. The monoisotopic (exact) mass is 493 g/mol. The van der Waals surface area contributed by atoms with E-state index in [0.29, 0.717) is 24.4 Å². The summed E-state index contributed by atoms with van der Waals surface area (Å²) in [6.45, 7) is 4.75. The number of sulfonamides is 1. The molecule has 184 valence electrons. The Morgan fingerprint density at radius 3 is 2.57 bits per heavy atom. The average Bonchev–Trinajstić information content (AvgIpc) is 3.50. The lowest BCUT2D eigenvalue weighted by Crippen LogP contribution is -2.44. The van der Waals surface area contributed by atoms with Crippen molar-refractivity contribution in [1.29, 1.82) is 0 Å². The number of benzene rings is 1. The van der Waals surface area contributed by atoms with Gasteiger partial charge in [-0.1, -0.05) is 32.0 Å². The number of amides is 2. The Morgan fingerprint density at radius 2 is 1.89 bits per heavy atom. The molecule has 1 aromatic heterocycles. The van der Waals surface area contributed by atoms with E-state index < -0.39 is 10.0 Å². The molecule has 1 N–H and O–H groups in total. The van der Waals surface area contributed by atoms with Crippen LogP contribution in [-0.4, -0.2) is 41.3 Å². The highest BCUT2D eigenvalue weighted by Gasteiger charge is 2.73. The lowest BCUT2D eigenvalue weighted by Gasteiger charge is -2.37. The second-order valence-electron chi connectivity index (χ2n) is 11.3. The number of carbonyl (C=O) groups excluding carboxylic acids is 2. The third kappa shape index (κ3) is 3.36. The van der Waals surface area contributed by atoms with Crippen molar-refractivity contribution >= 4 is 21.8 Å². The van der Waals surface area contributed by atoms with Crippen molar-refractivity contribution in [1.82, 2.24) is 14.6 Å². The lowest BCUT2D eigenvalue weighted by atomic mass is 9.69. The van der Waals surface area contributed by atoms with E-state index in [1.165, 1.54) is 4.31 Å². The molecular formula is C27H31N3O4S. The minimum absolute atomic E-state index is 0.00600. The van der Waals surface area contributed by atoms with Crippen LogP contribution in [0.5, 0.6) is 0 Å². The molecule has 1 spiro atoms. The van der Waals surface area contributed by atoms with Crippen molar-refractivity contribution in [3.63, 3.8) is 0 Å². The number of hydrogen-bond acceptors (Lipinski definition) is 5. The van der Waals surface area contributed by atoms with E-state index in [0.717, 1.165) is 30.5 Å². The fourth-order valence-electron chi connectivity index (χ4n) is 7.24. The van der Waals surface area contributed by atoms with Crippen LogP contribution in [0.25, 0.3) is 0 Å². The van der Waals surface area contributed by atoms with Crippen LogP contribution < -0.4 is 5.32 Å². The van der Waals surface area contributed by atoms with E-state index in [-0.39, 0.29) is 46.3 Å². The molecule has 8 heteroatoms. The second-order valence-corrected chi connectivity index (χ2v) is 13.2. The van der Waals surface area contributed by atoms with E-state index in [1.807, 2.05) is 30.3 Å². The fourth-order valence-corrected chi connectivity index (χ4v) is 9.82. The summed E-state index contributed by atoms with van der Waals surface area (Å²) in [5, 5.41) is 2.86. The summed E-state index contributed by atoms with van der Waals surface area (Å²) in [6, 6.07) is 12.7. The van der Waals surface area contributed by atoms with E-state index in [9.17, 15) is 18.0 Å². The first-order valence-electron chi connectivity index (χ1n) is 12.5. The minimum Gasteiger partial charge on any atom is -0.346 e. The minimum atomic E-state index is -3.59. The van der Waals surface area contributed by atoms with E-state index >= 15 is 0 Å². The summed E-state index contributed by atoms with van der Waals surface area (Å²) < 4.78 is 27.7. The van der Waals surface area contributed by atoms with E-state index in [2.05, 4.69) is 24.1 Å². The third-order valence-corrected chi connectivity index (χ3v) is 11.4. The van der Waals surface area contributed by atoms with Crippen LogP contribution in [0.3, 0.4) is 0 Å². The molecule has 1 saturated heterocycles. The summed E-state index contributed by atoms with van der Waals surface area (Å²) in [5.74, 6) is -0.0999. The van der Waals surface area contributed by atoms with Gasteiger partial charge in [-0.05, 0) is 72.8 Å². The zero-order valence-corrected chi connectivity index (χ0v) is 20.9. The molecule has 7 nitrogen and oxygen atoms in total. The highest BCUT2D eigenvalue weighted by molar-refractivity contribution is 7.90. The zero-order valence-electron chi connectivity index (χ0n) is 20.1. The van der Waals surface area contributed by atoms with E-state index in [1.54, 1.807) is 18.3 Å². The van der Waals surface area contributed by atoms with Gasteiger partial charge in [0, 0.05) is 23.1 Å². The van der Waals surface area contributed by atoms with Crippen LogP contribution >= 0.6 is 0 Å². The van der Waals surface area contributed by atoms with Crippen LogP contribution in [0.1, 0.15) is 67.1 Å². The highest BCUT2D eigenvalue weighted by atomic mass is 32.2. The Hall–Kier alpha value is -2.74. The van der Waals surface area contributed by atoms with E-state index in [4.69, 9.17) is 0 Å². The van der Waals surface area contributed by atoms with Crippen molar-refractivity contribution in [3.05, 3.63) is 65.5 Å². The van der Waals surface area contributed by atoms with Crippen molar-refractivity contribution in [3.8, 4) is 0 Å². The molecule has 5 atom stereocenters. The maximum atomic E-state index is 13.5. The van der Waals surface area contributed by atoms with Gasteiger partial charge in [-0.25, -0.2) is 12.7 Å². The third-order valence-electron chi connectivity index (χ3n) is 9.49. The van der Waals surface area contributed by atoms with Gasteiger partial charge in [0.15, 0.2) is 0 Å². The molecule has 2 amide bonds. The molecule has 2 unspecified atom stereocenters. The quantitative estimate of drug-likeness (QED) is 0.688. The average molecular weight is 494 g/mol. The van der Waals surface area contributed by atoms with Gasteiger partial charge in [0.05, 0.1) is 24.0 Å². The van der Waals surface area contributed by atoms with Crippen molar-refractivity contribution in [2.24, 2.45) is 22.7 Å². The first kappa shape index (κ1) is 22.7. The SMILES string of the molecule is CC1(C)C2CC[C@@]13CS(=O)(=O)N(C(=O)C1C[C@@H]1c1ccc(C(=O)NCc4ccccn4)cc1)[C@H]3C2. The Bertz CT molecular complexity index is 1290. The first-order chi connectivity index (χ1) is 16.6. The molecule has 35 heavy (non-hydrogen) atoms. The summed E-state index contributed by atoms with van der Waals surface area (Å²) in [6.07, 6.45) is 5.11. The standard InChI is InChI=1S/C27H31N3O4S/c1-26(2)19-10-11-27(26)16-35(33,34)30(23(27)13-19)25(32)22-14-21(22)17-6-8-18(9-7-17)24(31)29-15-20-5-3-4-12-28-20/h3-9,12,19,21-23H,10-11,13-16H2,1-2H3,(H,29,31)/t19?,21-,22?,23+,27+/m1/s1. The molecule has 4 fully saturated rings. The molecule has 1 aromatic carbocycles. The smallest absolute Gasteiger partial charge is 0.251 e. The highest BCUT2D eigenvalue weighted by Crippen LogP contribution is 2.70. The van der Waals surface area contributed by atoms with Crippen LogP contribution in [-0.2, 0) is 21.4 Å². The number of hydrogen-bond donors (Lipinski definition) is 1. The van der Waals surface area contributed by atoms with Crippen LogP contribution in [0, 0.1) is 22.7 Å². The van der Waals surface area contributed by atoms with Crippen LogP contribution in [0.2, 0.25) is 0 Å². The Kier molecular flexibility index (Phi) is 4.95. The number of fused-ring (bicyclic) bond motifs is 1. The van der Waals surface area contributed by atoms with Gasteiger partial charge < -0.3 is 5.32 Å². The molecule has 2 heterocycles. The second kappa shape index (κ2) is 7.63. The van der Waals surface area contributed by atoms with Gasteiger partial charge in [0.25, 0.3) is 5.91 Å². The van der Waals surface area contributed by atoms with Gasteiger partial charge in [-0.15, -0.1) is 0 Å². The number of carbonyl (C=O) groups is 2. The van der Waals surface area contributed by atoms with Crippen molar-refractivity contribution in [2.45, 2.75) is 58.0 Å². The molecule has 3 saturated carbocycles. The predicted molar refractivity (Wildman–Crippen MR) is 131 cm³/mol. The summed E-state index contributed by atoms with van der Waals surface area (Å²) in [7, 11) is -3.59. The first-order valence-corrected chi connectivity index (χ1v) is 14.1. The number of pyridine rings is 1. The Morgan fingerprint density at radius 1 is 1.11 bits per heavy atom. The van der Waals surface area contributed by atoms with Gasteiger partial charge in [-0.3, -0.25) is 14.6 Å². The van der Waals surface area contributed by atoms with Gasteiger partial charge in [0.2, 0.25) is 15.9 Å². The van der Waals surface area contributed by atoms with Crippen molar-refractivity contribution < 1.29 is 18.0 Å². The molecule has 2 bridgehead atoms. The van der Waals surface area contributed by atoms with Gasteiger partial charge in [0.1, 0.15) is 0 Å². The molecule has 0 radical (unpaired) electrons. The molecule has 6 rings (SSSR count). The fraction of sp³-hybridized carbons (Fsp3) is 0.519. The number of rotatable bonds is 5. The van der Waals surface area contributed by atoms with Crippen LogP contribution in [0.15, 0.2) is 48.7 Å². The Balaban J connectivity index is 1.13. The summed E-state index contributed by atoms with van der Waals surface area (Å²) in [4.78, 5) is 30.2.